The number of alkyl halides is 3. The Labute approximate surface area is 224 Å². The Hall–Kier alpha value is -3.79. The van der Waals surface area contributed by atoms with Gasteiger partial charge in [-0.25, -0.2) is 4.39 Å². The lowest BCUT2D eigenvalue weighted by atomic mass is 9.87. The van der Waals surface area contributed by atoms with Crippen molar-refractivity contribution in [2.24, 2.45) is 5.92 Å². The average molecular weight is 544 g/mol. The molecule has 39 heavy (non-hydrogen) atoms. The normalized spacial score (nSPS) is 17.9. The highest BCUT2D eigenvalue weighted by atomic mass is 19.4. The Balaban J connectivity index is 1.61. The van der Waals surface area contributed by atoms with E-state index >= 15 is 0 Å². The number of nitrogens with zero attached hydrogens (tertiary/aromatic N) is 3. The van der Waals surface area contributed by atoms with Gasteiger partial charge in [-0.15, -0.1) is 0 Å². The van der Waals surface area contributed by atoms with E-state index in [0.29, 0.717) is 37.3 Å². The molecule has 206 valence electrons. The highest BCUT2D eigenvalue weighted by molar-refractivity contribution is 5.94. The van der Waals surface area contributed by atoms with Gasteiger partial charge in [0.1, 0.15) is 5.82 Å². The van der Waals surface area contributed by atoms with Gasteiger partial charge in [0.25, 0.3) is 11.6 Å². The molecule has 1 amide bonds. The Morgan fingerprint density at radius 2 is 1.72 bits per heavy atom. The van der Waals surface area contributed by atoms with Gasteiger partial charge in [-0.3, -0.25) is 19.8 Å². The van der Waals surface area contributed by atoms with E-state index in [1.165, 1.54) is 48.5 Å². The van der Waals surface area contributed by atoms with Gasteiger partial charge in [-0.05, 0) is 61.2 Å². The first-order valence-electron chi connectivity index (χ1n) is 12.6. The largest absolute Gasteiger partial charge is 0.416 e. The van der Waals surface area contributed by atoms with E-state index in [0.717, 1.165) is 11.6 Å². The molecule has 4 rings (SSSR count). The summed E-state index contributed by atoms with van der Waals surface area (Å²) in [5.74, 6) is -1.20. The number of likely N-dealkylation sites (tertiary alicyclic amines) is 1. The van der Waals surface area contributed by atoms with Gasteiger partial charge in [0, 0.05) is 55.8 Å². The fraction of sp³-hybridized carbons (Fsp3) is 0.345. The lowest BCUT2D eigenvalue weighted by molar-refractivity contribution is -0.384. The molecule has 0 radical (unpaired) electrons. The molecular weight excluding hydrogens is 514 g/mol. The number of carbonyl (C=O) groups is 1. The second-order valence-electron chi connectivity index (χ2n) is 10.2. The summed E-state index contributed by atoms with van der Waals surface area (Å²) in [5.41, 5.74) is 0.968. The van der Waals surface area contributed by atoms with E-state index in [1.54, 1.807) is 23.1 Å². The topological polar surface area (TPSA) is 66.7 Å². The van der Waals surface area contributed by atoms with Crippen LogP contribution in [0.4, 0.5) is 23.2 Å². The van der Waals surface area contributed by atoms with Gasteiger partial charge in [0.2, 0.25) is 0 Å². The van der Waals surface area contributed by atoms with E-state index in [-0.39, 0.29) is 29.5 Å². The molecular formula is C29H29F4N3O3. The second kappa shape index (κ2) is 11.5. The lowest BCUT2D eigenvalue weighted by Crippen LogP contribution is -2.42. The molecule has 1 saturated heterocycles. The van der Waals surface area contributed by atoms with E-state index in [9.17, 15) is 32.5 Å². The van der Waals surface area contributed by atoms with Crippen molar-refractivity contribution in [3.05, 3.63) is 111 Å². The number of halogens is 4. The number of hydrogen-bond donors (Lipinski definition) is 0. The summed E-state index contributed by atoms with van der Waals surface area (Å²) in [4.78, 5) is 27.6. The van der Waals surface area contributed by atoms with Gasteiger partial charge >= 0.3 is 6.18 Å². The van der Waals surface area contributed by atoms with E-state index < -0.39 is 22.5 Å². The van der Waals surface area contributed by atoms with Crippen molar-refractivity contribution >= 4 is 11.6 Å². The Kier molecular flexibility index (Phi) is 8.34. The van der Waals surface area contributed by atoms with Gasteiger partial charge in [0.05, 0.1) is 10.5 Å². The number of amides is 1. The zero-order valence-electron chi connectivity index (χ0n) is 21.6. The van der Waals surface area contributed by atoms with Crippen LogP contribution in [-0.4, -0.2) is 46.3 Å². The van der Waals surface area contributed by atoms with Crippen LogP contribution < -0.4 is 0 Å². The maximum absolute atomic E-state index is 13.5. The molecule has 0 aliphatic carbocycles. The first-order chi connectivity index (χ1) is 18.4. The molecule has 1 aliphatic rings. The Morgan fingerprint density at radius 1 is 1.05 bits per heavy atom. The van der Waals surface area contributed by atoms with Crippen molar-refractivity contribution in [2.45, 2.75) is 38.5 Å². The quantitative estimate of drug-likeness (QED) is 0.184. The summed E-state index contributed by atoms with van der Waals surface area (Å²) in [6, 6.07) is 16.6. The van der Waals surface area contributed by atoms with Crippen molar-refractivity contribution in [2.75, 3.05) is 19.6 Å². The number of benzene rings is 3. The van der Waals surface area contributed by atoms with Crippen LogP contribution in [0.5, 0.6) is 0 Å². The molecule has 3 aromatic rings. The molecule has 10 heteroatoms. The summed E-state index contributed by atoms with van der Waals surface area (Å²) in [5, 5.41) is 11.0. The molecule has 0 spiro atoms. The Bertz CT molecular complexity index is 1310. The predicted molar refractivity (Wildman–Crippen MR) is 139 cm³/mol. The summed E-state index contributed by atoms with van der Waals surface area (Å²) in [6.07, 6.45) is -4.48. The molecule has 3 aromatic carbocycles. The number of rotatable bonds is 8. The van der Waals surface area contributed by atoms with Crippen molar-refractivity contribution in [3.8, 4) is 0 Å². The van der Waals surface area contributed by atoms with Crippen molar-refractivity contribution < 1.29 is 27.3 Å². The maximum Gasteiger partial charge on any atom is 0.416 e. The number of carbonyl (C=O) groups excluding carboxylic acids is 1. The first-order valence-corrected chi connectivity index (χ1v) is 12.6. The van der Waals surface area contributed by atoms with Crippen LogP contribution >= 0.6 is 0 Å². The average Bonchev–Trinajstić information content (AvgIpc) is 3.29. The second-order valence-corrected chi connectivity index (χ2v) is 10.2. The highest BCUT2D eigenvalue weighted by Crippen LogP contribution is 2.38. The molecule has 0 bridgehead atoms. The fourth-order valence-electron chi connectivity index (χ4n) is 5.12. The zero-order valence-corrected chi connectivity index (χ0v) is 21.6. The van der Waals surface area contributed by atoms with Crippen LogP contribution in [0.3, 0.4) is 0 Å². The summed E-state index contributed by atoms with van der Waals surface area (Å²) < 4.78 is 53.9. The van der Waals surface area contributed by atoms with E-state index in [4.69, 9.17) is 0 Å². The van der Waals surface area contributed by atoms with Crippen LogP contribution in [0, 0.1) is 21.8 Å². The van der Waals surface area contributed by atoms with Gasteiger partial charge in [-0.1, -0.05) is 30.3 Å². The van der Waals surface area contributed by atoms with Crippen LogP contribution in [-0.2, 0) is 12.7 Å². The van der Waals surface area contributed by atoms with E-state index in [2.05, 4.69) is 4.90 Å². The van der Waals surface area contributed by atoms with Crippen LogP contribution in [0.1, 0.15) is 46.8 Å². The predicted octanol–water partition coefficient (Wildman–Crippen LogP) is 6.52. The zero-order chi connectivity index (χ0) is 28.3. The van der Waals surface area contributed by atoms with Crippen LogP contribution in [0.25, 0.3) is 0 Å². The molecule has 6 nitrogen and oxygen atoms in total. The third-order valence-corrected chi connectivity index (χ3v) is 7.12. The first kappa shape index (κ1) is 28.2. The molecule has 1 heterocycles. The van der Waals surface area contributed by atoms with Crippen molar-refractivity contribution in [3.63, 3.8) is 0 Å². The van der Waals surface area contributed by atoms with Gasteiger partial charge < -0.3 is 4.90 Å². The molecule has 1 fully saturated rings. The third-order valence-electron chi connectivity index (χ3n) is 7.12. The van der Waals surface area contributed by atoms with Gasteiger partial charge in [-0.2, -0.15) is 13.2 Å². The monoisotopic (exact) mass is 543 g/mol. The molecule has 0 saturated carbocycles. The SMILES string of the molecule is CC(C)N(C[C@@H]1CN(Cc2ccc([N+](=O)[O-])cc2)C[C@@H]1c1cccc(C(F)(F)F)c1)C(=O)c1ccc(F)cc1. The summed E-state index contributed by atoms with van der Waals surface area (Å²) in [7, 11) is 0. The minimum atomic E-state index is -4.48. The third kappa shape index (κ3) is 6.81. The standard InChI is InChI=1S/C29H29F4N3O3/c1-19(2)35(28(37)21-8-10-25(30)11-9-21)17-23-16-34(15-20-6-12-26(13-7-20)36(38)39)18-27(23)22-4-3-5-24(14-22)29(31,32)33/h3-14,19,23,27H,15-18H2,1-2H3/t23-,27+/m0/s1. The smallest absolute Gasteiger partial charge is 0.336 e. The number of nitro benzene ring substituents is 1. The fourth-order valence-corrected chi connectivity index (χ4v) is 5.12. The molecule has 0 unspecified atom stereocenters. The minimum Gasteiger partial charge on any atom is -0.336 e. The van der Waals surface area contributed by atoms with Crippen molar-refractivity contribution in [1.82, 2.24) is 9.80 Å². The van der Waals surface area contributed by atoms with Gasteiger partial charge in [0.15, 0.2) is 0 Å². The lowest BCUT2D eigenvalue weighted by Gasteiger charge is -2.32. The minimum absolute atomic E-state index is 0.0215. The summed E-state index contributed by atoms with van der Waals surface area (Å²) in [6.45, 7) is 5.45. The number of non-ortho nitro benzene ring substituents is 1. The molecule has 0 N–H and O–H groups in total. The highest BCUT2D eigenvalue weighted by Gasteiger charge is 2.38. The maximum atomic E-state index is 13.5. The number of nitro groups is 1. The molecule has 0 aromatic heterocycles. The molecule has 2 atom stereocenters. The van der Waals surface area contributed by atoms with Crippen LogP contribution in [0.15, 0.2) is 72.8 Å². The van der Waals surface area contributed by atoms with Crippen molar-refractivity contribution in [1.29, 1.82) is 0 Å². The van der Waals surface area contributed by atoms with Crippen LogP contribution in [0.2, 0.25) is 0 Å². The van der Waals surface area contributed by atoms with E-state index in [1.807, 2.05) is 13.8 Å². The molecule has 1 aliphatic heterocycles. The summed E-state index contributed by atoms with van der Waals surface area (Å²) >= 11 is 0. The Morgan fingerprint density at radius 3 is 2.31 bits per heavy atom. The number of hydrogen-bond acceptors (Lipinski definition) is 4.